The van der Waals surface area contributed by atoms with Gasteiger partial charge < -0.3 is 9.88 Å². The molecular weight excluding hydrogens is 234 g/mol. The van der Waals surface area contributed by atoms with E-state index in [-0.39, 0.29) is 0 Å². The van der Waals surface area contributed by atoms with Crippen LogP contribution in [0.15, 0.2) is 12.5 Å². The lowest BCUT2D eigenvalue weighted by atomic mass is 9.77. The van der Waals surface area contributed by atoms with Crippen molar-refractivity contribution in [3.8, 4) is 0 Å². The zero-order chi connectivity index (χ0) is 13.7. The predicted molar refractivity (Wildman–Crippen MR) is 80.0 cm³/mol. The van der Waals surface area contributed by atoms with Crippen molar-refractivity contribution in [2.75, 3.05) is 6.54 Å². The van der Waals surface area contributed by atoms with Crippen molar-refractivity contribution < 1.29 is 0 Å². The summed E-state index contributed by atoms with van der Waals surface area (Å²) in [6.07, 6.45) is 12.1. The van der Waals surface area contributed by atoms with Crippen molar-refractivity contribution in [1.29, 1.82) is 0 Å². The van der Waals surface area contributed by atoms with Crippen LogP contribution in [0.1, 0.15) is 64.1 Å². The van der Waals surface area contributed by atoms with Crippen molar-refractivity contribution in [1.82, 2.24) is 14.9 Å². The first-order chi connectivity index (χ1) is 9.26. The molecule has 0 bridgehead atoms. The summed E-state index contributed by atoms with van der Waals surface area (Å²) in [5.41, 5.74) is 1.35. The maximum atomic E-state index is 4.30. The number of hydrogen-bond acceptors (Lipinski definition) is 2. The van der Waals surface area contributed by atoms with Crippen LogP contribution in [-0.4, -0.2) is 16.1 Å². The third-order valence-corrected chi connectivity index (χ3v) is 4.73. The molecule has 3 heteroatoms. The number of aryl methyl sites for hydroxylation is 1. The van der Waals surface area contributed by atoms with Gasteiger partial charge in [0.05, 0.1) is 18.1 Å². The van der Waals surface area contributed by atoms with Gasteiger partial charge in [-0.15, -0.1) is 0 Å². The minimum atomic E-state index is 0.491. The summed E-state index contributed by atoms with van der Waals surface area (Å²) in [6, 6.07) is 0.491. The summed E-state index contributed by atoms with van der Waals surface area (Å²) in [7, 11) is 2.11. The van der Waals surface area contributed by atoms with Crippen LogP contribution < -0.4 is 5.32 Å². The van der Waals surface area contributed by atoms with Crippen LogP contribution in [0, 0.1) is 11.8 Å². The number of aromatic nitrogens is 2. The fourth-order valence-corrected chi connectivity index (χ4v) is 3.41. The quantitative estimate of drug-likeness (QED) is 0.848. The zero-order valence-corrected chi connectivity index (χ0v) is 12.7. The molecule has 108 valence electrons. The van der Waals surface area contributed by atoms with Crippen molar-refractivity contribution in [3.63, 3.8) is 0 Å². The Morgan fingerprint density at radius 2 is 2.05 bits per heavy atom. The maximum absolute atomic E-state index is 4.30. The highest BCUT2D eigenvalue weighted by Gasteiger charge is 2.29. The van der Waals surface area contributed by atoms with Gasteiger partial charge >= 0.3 is 0 Å². The molecule has 0 amide bonds. The molecule has 1 aromatic heterocycles. The van der Waals surface area contributed by atoms with Crippen LogP contribution in [-0.2, 0) is 7.05 Å². The Morgan fingerprint density at radius 3 is 2.58 bits per heavy atom. The topological polar surface area (TPSA) is 29.9 Å². The average molecular weight is 263 g/mol. The SMILES string of the molecule is CCCNC(c1cncn1C)C1CCC(CC)CC1. The third-order valence-electron chi connectivity index (χ3n) is 4.73. The fourth-order valence-electron chi connectivity index (χ4n) is 3.41. The van der Waals surface area contributed by atoms with Gasteiger partial charge in [-0.05, 0) is 37.6 Å². The van der Waals surface area contributed by atoms with Crippen LogP contribution in [0.4, 0.5) is 0 Å². The number of rotatable bonds is 6. The first-order valence-corrected chi connectivity index (χ1v) is 7.95. The molecule has 1 atom stereocenters. The molecule has 1 aliphatic carbocycles. The Balaban J connectivity index is 2.04. The summed E-state index contributed by atoms with van der Waals surface area (Å²) in [6.45, 7) is 5.67. The van der Waals surface area contributed by atoms with Gasteiger partial charge in [0.2, 0.25) is 0 Å². The molecule has 1 N–H and O–H groups in total. The second-order valence-electron chi connectivity index (χ2n) is 6.05. The van der Waals surface area contributed by atoms with Gasteiger partial charge in [-0.2, -0.15) is 0 Å². The smallest absolute Gasteiger partial charge is 0.0946 e. The zero-order valence-electron chi connectivity index (χ0n) is 12.7. The largest absolute Gasteiger partial charge is 0.336 e. The molecule has 1 aliphatic rings. The van der Waals surface area contributed by atoms with E-state index in [1.54, 1.807) is 0 Å². The van der Waals surface area contributed by atoms with Crippen molar-refractivity contribution >= 4 is 0 Å². The van der Waals surface area contributed by atoms with Gasteiger partial charge in [0.15, 0.2) is 0 Å². The molecule has 1 fully saturated rings. The molecule has 1 aromatic rings. The molecule has 19 heavy (non-hydrogen) atoms. The minimum absolute atomic E-state index is 0.491. The van der Waals surface area contributed by atoms with Gasteiger partial charge in [0.1, 0.15) is 0 Å². The van der Waals surface area contributed by atoms with Crippen LogP contribution >= 0.6 is 0 Å². The van der Waals surface area contributed by atoms with Crippen LogP contribution in [0.25, 0.3) is 0 Å². The van der Waals surface area contributed by atoms with E-state index in [2.05, 4.69) is 35.8 Å². The van der Waals surface area contributed by atoms with Crippen molar-refractivity contribution in [3.05, 3.63) is 18.2 Å². The van der Waals surface area contributed by atoms with E-state index in [9.17, 15) is 0 Å². The molecule has 3 nitrogen and oxygen atoms in total. The molecule has 0 aromatic carbocycles. The number of imidazole rings is 1. The molecule has 1 heterocycles. The highest BCUT2D eigenvalue weighted by Crippen LogP contribution is 2.37. The standard InChI is InChI=1S/C16H29N3/c1-4-10-18-16(15-11-17-12-19(15)3)14-8-6-13(5-2)7-9-14/h11-14,16,18H,4-10H2,1-3H3. The van der Waals surface area contributed by atoms with Gasteiger partial charge in [-0.25, -0.2) is 4.98 Å². The minimum Gasteiger partial charge on any atom is -0.336 e. The molecule has 2 rings (SSSR count). The second kappa shape index (κ2) is 7.09. The number of hydrogen-bond donors (Lipinski definition) is 1. The van der Waals surface area contributed by atoms with E-state index in [4.69, 9.17) is 0 Å². The lowest BCUT2D eigenvalue weighted by molar-refractivity contribution is 0.214. The summed E-state index contributed by atoms with van der Waals surface area (Å²) >= 11 is 0. The lowest BCUT2D eigenvalue weighted by Gasteiger charge is -2.34. The fraction of sp³-hybridized carbons (Fsp3) is 0.812. The first-order valence-electron chi connectivity index (χ1n) is 7.95. The van der Waals surface area contributed by atoms with Crippen molar-refractivity contribution in [2.24, 2.45) is 18.9 Å². The molecule has 0 spiro atoms. The summed E-state index contributed by atoms with van der Waals surface area (Å²) < 4.78 is 2.18. The predicted octanol–water partition coefficient (Wildman–Crippen LogP) is 3.68. The highest BCUT2D eigenvalue weighted by molar-refractivity contribution is 5.07. The Labute approximate surface area is 117 Å². The summed E-state index contributed by atoms with van der Waals surface area (Å²) in [5.74, 6) is 1.75. The lowest BCUT2D eigenvalue weighted by Crippen LogP contribution is -2.32. The Hall–Kier alpha value is -0.830. The van der Waals surface area contributed by atoms with E-state index in [1.165, 1.54) is 44.2 Å². The van der Waals surface area contributed by atoms with E-state index in [1.807, 2.05) is 12.5 Å². The van der Waals surface area contributed by atoms with E-state index in [0.29, 0.717) is 6.04 Å². The first kappa shape index (κ1) is 14.6. The third kappa shape index (κ3) is 3.59. The Bertz CT molecular complexity index is 364. The average Bonchev–Trinajstić information content (AvgIpc) is 2.86. The van der Waals surface area contributed by atoms with Crippen LogP contribution in [0.3, 0.4) is 0 Å². The van der Waals surface area contributed by atoms with Gasteiger partial charge in [-0.1, -0.05) is 33.1 Å². The van der Waals surface area contributed by atoms with Crippen molar-refractivity contribution in [2.45, 2.75) is 58.4 Å². The van der Waals surface area contributed by atoms with Crippen LogP contribution in [0.5, 0.6) is 0 Å². The Morgan fingerprint density at radius 1 is 1.32 bits per heavy atom. The molecule has 0 saturated heterocycles. The van der Waals surface area contributed by atoms with E-state index >= 15 is 0 Å². The summed E-state index contributed by atoms with van der Waals surface area (Å²) in [5, 5.41) is 3.75. The highest BCUT2D eigenvalue weighted by atomic mass is 15.1. The Kier molecular flexibility index (Phi) is 5.44. The molecule has 0 radical (unpaired) electrons. The van der Waals surface area contributed by atoms with Gasteiger partial charge in [0.25, 0.3) is 0 Å². The van der Waals surface area contributed by atoms with Gasteiger partial charge in [-0.3, -0.25) is 0 Å². The van der Waals surface area contributed by atoms with E-state index in [0.717, 1.165) is 18.4 Å². The molecule has 0 aliphatic heterocycles. The summed E-state index contributed by atoms with van der Waals surface area (Å²) in [4.78, 5) is 4.30. The maximum Gasteiger partial charge on any atom is 0.0946 e. The monoisotopic (exact) mass is 263 g/mol. The van der Waals surface area contributed by atoms with Crippen LogP contribution in [0.2, 0.25) is 0 Å². The normalized spacial score (nSPS) is 25.4. The van der Waals surface area contributed by atoms with E-state index < -0.39 is 0 Å². The molecular formula is C16H29N3. The van der Waals surface area contributed by atoms with Gasteiger partial charge in [0, 0.05) is 13.2 Å². The second-order valence-corrected chi connectivity index (χ2v) is 6.05. The molecule has 1 saturated carbocycles. The number of nitrogens with one attached hydrogen (secondary N) is 1. The number of nitrogens with zero attached hydrogens (tertiary/aromatic N) is 2. The molecule has 1 unspecified atom stereocenters.